The van der Waals surface area contributed by atoms with Gasteiger partial charge in [0.1, 0.15) is 5.69 Å². The molecule has 1 atom stereocenters. The molecule has 0 spiro atoms. The zero-order valence-corrected chi connectivity index (χ0v) is 10.9. The smallest absolute Gasteiger partial charge is 0.267 e. The van der Waals surface area contributed by atoms with Crippen molar-refractivity contribution in [1.82, 2.24) is 10.3 Å². The average molecular weight is 252 g/mol. The Morgan fingerprint density at radius 3 is 2.89 bits per heavy atom. The van der Waals surface area contributed by atoms with Crippen LogP contribution in [0.25, 0.3) is 0 Å². The van der Waals surface area contributed by atoms with Crippen molar-refractivity contribution in [3.63, 3.8) is 0 Å². The van der Waals surface area contributed by atoms with Gasteiger partial charge in [-0.15, -0.1) is 0 Å². The van der Waals surface area contributed by atoms with Crippen molar-refractivity contribution >= 4 is 5.91 Å². The molecule has 1 aliphatic rings. The van der Waals surface area contributed by atoms with E-state index in [-0.39, 0.29) is 5.91 Å². The van der Waals surface area contributed by atoms with Crippen LogP contribution in [0.5, 0.6) is 0 Å². The monoisotopic (exact) mass is 252 g/mol. The normalized spacial score (nSPS) is 19.7. The highest BCUT2D eigenvalue weighted by atomic mass is 16.7. The molecule has 1 aromatic rings. The van der Waals surface area contributed by atoms with Crippen molar-refractivity contribution in [2.24, 2.45) is 5.92 Å². The zero-order chi connectivity index (χ0) is 13.0. The van der Waals surface area contributed by atoms with E-state index in [1.54, 1.807) is 18.3 Å². The molecule has 0 saturated carbocycles. The van der Waals surface area contributed by atoms with E-state index in [1.165, 1.54) is 0 Å². The molecule has 2 rings (SSSR count). The fraction of sp³-hybridized carbons (Fsp3) is 0.615. The Morgan fingerprint density at radius 1 is 1.56 bits per heavy atom. The second-order valence-electron chi connectivity index (χ2n) is 4.93. The molecule has 1 aromatic heterocycles. The van der Waals surface area contributed by atoms with Gasteiger partial charge in [-0.1, -0.05) is 6.92 Å². The minimum Gasteiger partial charge on any atom is -0.357 e. The summed E-state index contributed by atoms with van der Waals surface area (Å²) in [6, 6.07) is 3.56. The van der Waals surface area contributed by atoms with E-state index in [0.717, 1.165) is 6.42 Å². The number of nitrogens with one attached hydrogen (secondary N) is 2. The molecule has 1 unspecified atom stereocenters. The summed E-state index contributed by atoms with van der Waals surface area (Å²) in [4.78, 5) is 14.6. The van der Waals surface area contributed by atoms with Crippen molar-refractivity contribution in [2.75, 3.05) is 19.8 Å². The maximum absolute atomic E-state index is 11.7. The third-order valence-corrected chi connectivity index (χ3v) is 3.07. The number of aromatic nitrogens is 1. The van der Waals surface area contributed by atoms with Crippen molar-refractivity contribution in [3.8, 4) is 0 Å². The summed E-state index contributed by atoms with van der Waals surface area (Å²) in [5, 5.41) is 2.89. The first-order valence-corrected chi connectivity index (χ1v) is 6.28. The first kappa shape index (κ1) is 13.1. The molecule has 0 aromatic carbocycles. The Morgan fingerprint density at radius 2 is 2.28 bits per heavy atom. The van der Waals surface area contributed by atoms with Crippen molar-refractivity contribution in [1.29, 1.82) is 0 Å². The third-order valence-electron chi connectivity index (χ3n) is 3.07. The van der Waals surface area contributed by atoms with Gasteiger partial charge >= 0.3 is 0 Å². The molecule has 1 amide bonds. The number of hydrogen-bond acceptors (Lipinski definition) is 3. The summed E-state index contributed by atoms with van der Waals surface area (Å²) < 4.78 is 11.1. The van der Waals surface area contributed by atoms with Crippen LogP contribution in [0.1, 0.15) is 30.8 Å². The largest absolute Gasteiger partial charge is 0.357 e. The van der Waals surface area contributed by atoms with Crippen LogP contribution < -0.4 is 5.32 Å². The van der Waals surface area contributed by atoms with Crippen LogP contribution in [-0.2, 0) is 9.47 Å². The van der Waals surface area contributed by atoms with Crippen LogP contribution in [-0.4, -0.2) is 36.4 Å². The first-order chi connectivity index (χ1) is 8.59. The number of H-pyrrole nitrogens is 1. The zero-order valence-electron chi connectivity index (χ0n) is 10.9. The quantitative estimate of drug-likeness (QED) is 0.835. The SMILES string of the molecule is CC(CNC(=O)c1ccc[nH]1)CC1(C)OCCO1. The van der Waals surface area contributed by atoms with Gasteiger partial charge in [0.25, 0.3) is 5.91 Å². The van der Waals surface area contributed by atoms with Gasteiger partial charge in [-0.3, -0.25) is 4.79 Å². The number of rotatable bonds is 5. The van der Waals surface area contributed by atoms with Gasteiger partial charge < -0.3 is 19.8 Å². The van der Waals surface area contributed by atoms with E-state index in [9.17, 15) is 4.79 Å². The number of carbonyl (C=O) groups is 1. The van der Waals surface area contributed by atoms with Gasteiger partial charge in [0.15, 0.2) is 5.79 Å². The van der Waals surface area contributed by atoms with Gasteiger partial charge in [0.2, 0.25) is 0 Å². The van der Waals surface area contributed by atoms with Crippen LogP contribution in [0.4, 0.5) is 0 Å². The lowest BCUT2D eigenvalue weighted by Gasteiger charge is -2.25. The Balaban J connectivity index is 1.74. The van der Waals surface area contributed by atoms with Crippen LogP contribution in [0.3, 0.4) is 0 Å². The number of ether oxygens (including phenoxy) is 2. The molecule has 0 radical (unpaired) electrons. The van der Waals surface area contributed by atoms with Crippen LogP contribution >= 0.6 is 0 Å². The van der Waals surface area contributed by atoms with Gasteiger partial charge in [0, 0.05) is 19.2 Å². The summed E-state index contributed by atoms with van der Waals surface area (Å²) in [5.41, 5.74) is 0.585. The second-order valence-corrected chi connectivity index (χ2v) is 4.93. The van der Waals surface area contributed by atoms with Crippen LogP contribution in [0.15, 0.2) is 18.3 Å². The predicted octanol–water partition coefficient (Wildman–Crippen LogP) is 1.53. The fourth-order valence-electron chi connectivity index (χ4n) is 2.21. The summed E-state index contributed by atoms with van der Waals surface area (Å²) in [5.74, 6) is -0.270. The predicted molar refractivity (Wildman–Crippen MR) is 67.2 cm³/mol. The minimum atomic E-state index is -0.490. The number of amides is 1. The van der Waals surface area contributed by atoms with Gasteiger partial charge in [0.05, 0.1) is 13.2 Å². The lowest BCUT2D eigenvalue weighted by molar-refractivity contribution is -0.153. The molecule has 5 heteroatoms. The van der Waals surface area contributed by atoms with Gasteiger partial charge in [-0.2, -0.15) is 0 Å². The van der Waals surface area contributed by atoms with E-state index >= 15 is 0 Å². The van der Waals surface area contributed by atoms with Crippen molar-refractivity contribution in [2.45, 2.75) is 26.1 Å². The average Bonchev–Trinajstić information content (AvgIpc) is 2.97. The van der Waals surface area contributed by atoms with Gasteiger partial charge in [-0.05, 0) is 25.0 Å². The highest BCUT2D eigenvalue weighted by Gasteiger charge is 2.32. The molecule has 2 heterocycles. The Kier molecular flexibility index (Phi) is 4.04. The lowest BCUT2D eigenvalue weighted by atomic mass is 10.0. The maximum atomic E-state index is 11.7. The van der Waals surface area contributed by atoms with Gasteiger partial charge in [-0.25, -0.2) is 0 Å². The Bertz CT molecular complexity index is 383. The topological polar surface area (TPSA) is 63.4 Å². The molecule has 2 N–H and O–H groups in total. The Labute approximate surface area is 107 Å². The molecular weight excluding hydrogens is 232 g/mol. The second kappa shape index (κ2) is 5.54. The number of carbonyl (C=O) groups excluding carboxylic acids is 1. The van der Waals surface area contributed by atoms with E-state index in [2.05, 4.69) is 17.2 Å². The Hall–Kier alpha value is -1.33. The van der Waals surface area contributed by atoms with E-state index in [4.69, 9.17) is 9.47 Å². The number of hydrogen-bond donors (Lipinski definition) is 2. The standard InChI is InChI=1S/C13H20N2O3/c1-10(8-13(2)17-6-7-18-13)9-15-12(16)11-4-3-5-14-11/h3-5,10,14H,6-9H2,1-2H3,(H,15,16). The molecule has 1 saturated heterocycles. The molecular formula is C13H20N2O3. The summed E-state index contributed by atoms with van der Waals surface area (Å²) in [6.45, 7) is 5.94. The summed E-state index contributed by atoms with van der Waals surface area (Å²) in [6.07, 6.45) is 2.51. The molecule has 18 heavy (non-hydrogen) atoms. The van der Waals surface area contributed by atoms with Crippen LogP contribution in [0.2, 0.25) is 0 Å². The van der Waals surface area contributed by atoms with Crippen molar-refractivity contribution in [3.05, 3.63) is 24.0 Å². The number of aromatic amines is 1. The highest BCUT2D eigenvalue weighted by Crippen LogP contribution is 2.26. The maximum Gasteiger partial charge on any atom is 0.267 e. The van der Waals surface area contributed by atoms with E-state index < -0.39 is 5.79 Å². The molecule has 100 valence electrons. The first-order valence-electron chi connectivity index (χ1n) is 6.28. The van der Waals surface area contributed by atoms with E-state index in [0.29, 0.717) is 31.4 Å². The van der Waals surface area contributed by atoms with Crippen LogP contribution in [0, 0.1) is 5.92 Å². The third kappa shape index (κ3) is 3.34. The highest BCUT2D eigenvalue weighted by molar-refractivity contribution is 5.92. The van der Waals surface area contributed by atoms with Crippen molar-refractivity contribution < 1.29 is 14.3 Å². The minimum absolute atomic E-state index is 0.0785. The molecule has 5 nitrogen and oxygen atoms in total. The lowest BCUT2D eigenvalue weighted by Crippen LogP contribution is -2.34. The van der Waals surface area contributed by atoms with E-state index in [1.807, 2.05) is 6.92 Å². The molecule has 0 aliphatic carbocycles. The summed E-state index contributed by atoms with van der Waals surface area (Å²) >= 11 is 0. The molecule has 1 fully saturated rings. The fourth-order valence-corrected chi connectivity index (χ4v) is 2.21. The molecule has 0 bridgehead atoms. The summed E-state index contributed by atoms with van der Waals surface area (Å²) in [7, 11) is 0. The molecule has 1 aliphatic heterocycles.